The van der Waals surface area contributed by atoms with Crippen LogP contribution in [0, 0.1) is 11.6 Å². The molecular weight excluding hydrogens is 358 g/mol. The van der Waals surface area contributed by atoms with Gasteiger partial charge in [-0.05, 0) is 58.5 Å². The minimum absolute atomic E-state index is 0.532. The Hall–Kier alpha value is -2.00. The standard InChI is InChI=1S/C20H15BrF2/c1-2-13-3-5-14(6-4-13)20-11-16(21)7-8-19(20)15-9-17(22)12-18(23)10-15/h3-12H,2H2,1H3. The fourth-order valence-corrected chi connectivity index (χ4v) is 3.00. The Balaban J connectivity index is 2.17. The van der Waals surface area contributed by atoms with Crippen molar-refractivity contribution in [2.75, 3.05) is 0 Å². The first kappa shape index (κ1) is 15.9. The average Bonchev–Trinajstić information content (AvgIpc) is 2.54. The lowest BCUT2D eigenvalue weighted by atomic mass is 9.94. The second-order valence-electron chi connectivity index (χ2n) is 5.40. The van der Waals surface area contributed by atoms with Gasteiger partial charge in [-0.1, -0.05) is 53.2 Å². The number of halogens is 3. The molecule has 0 unspecified atom stereocenters. The Bertz CT molecular complexity index is 819. The Morgan fingerprint density at radius 3 is 2.00 bits per heavy atom. The van der Waals surface area contributed by atoms with Gasteiger partial charge in [-0.3, -0.25) is 0 Å². The third kappa shape index (κ3) is 3.50. The van der Waals surface area contributed by atoms with Crippen molar-refractivity contribution >= 4 is 15.9 Å². The zero-order valence-corrected chi connectivity index (χ0v) is 14.2. The normalized spacial score (nSPS) is 10.8. The van der Waals surface area contributed by atoms with Gasteiger partial charge in [0.1, 0.15) is 11.6 Å². The fourth-order valence-electron chi connectivity index (χ4n) is 2.64. The molecule has 0 nitrogen and oxygen atoms in total. The van der Waals surface area contributed by atoms with E-state index in [-0.39, 0.29) is 0 Å². The van der Waals surface area contributed by atoms with Crippen LogP contribution in [0.25, 0.3) is 22.3 Å². The Morgan fingerprint density at radius 1 is 0.739 bits per heavy atom. The summed E-state index contributed by atoms with van der Waals surface area (Å²) in [6, 6.07) is 17.6. The van der Waals surface area contributed by atoms with Crippen molar-refractivity contribution in [1.29, 1.82) is 0 Å². The van der Waals surface area contributed by atoms with Gasteiger partial charge in [-0.25, -0.2) is 8.78 Å². The maximum absolute atomic E-state index is 13.6. The second-order valence-corrected chi connectivity index (χ2v) is 6.31. The summed E-state index contributed by atoms with van der Waals surface area (Å²) >= 11 is 3.48. The third-order valence-corrected chi connectivity index (χ3v) is 4.32. The van der Waals surface area contributed by atoms with Crippen LogP contribution in [0.5, 0.6) is 0 Å². The number of rotatable bonds is 3. The first-order chi connectivity index (χ1) is 11.1. The zero-order valence-electron chi connectivity index (χ0n) is 12.6. The summed E-state index contributed by atoms with van der Waals surface area (Å²) in [4.78, 5) is 0. The molecule has 0 N–H and O–H groups in total. The second kappa shape index (κ2) is 6.63. The summed E-state index contributed by atoms with van der Waals surface area (Å²) in [5.41, 5.74) is 4.54. The van der Waals surface area contributed by atoms with Crippen LogP contribution in [-0.2, 0) is 6.42 Å². The van der Waals surface area contributed by atoms with Crippen molar-refractivity contribution in [2.24, 2.45) is 0 Å². The van der Waals surface area contributed by atoms with E-state index in [4.69, 9.17) is 0 Å². The van der Waals surface area contributed by atoms with Crippen LogP contribution in [0.3, 0.4) is 0 Å². The molecule has 3 rings (SSSR count). The van der Waals surface area contributed by atoms with E-state index in [2.05, 4.69) is 35.0 Å². The number of benzene rings is 3. The van der Waals surface area contributed by atoms with Crippen LogP contribution >= 0.6 is 15.9 Å². The van der Waals surface area contributed by atoms with E-state index in [1.54, 1.807) is 0 Å². The SMILES string of the molecule is CCc1ccc(-c2cc(Br)ccc2-c2cc(F)cc(F)c2)cc1. The molecule has 0 aliphatic carbocycles. The molecule has 3 heteroatoms. The van der Waals surface area contributed by atoms with Crippen molar-refractivity contribution in [1.82, 2.24) is 0 Å². The molecule has 0 bridgehead atoms. The zero-order chi connectivity index (χ0) is 16.4. The summed E-state index contributed by atoms with van der Waals surface area (Å²) in [7, 11) is 0. The molecule has 0 saturated carbocycles. The van der Waals surface area contributed by atoms with E-state index < -0.39 is 11.6 Å². The molecule has 23 heavy (non-hydrogen) atoms. The molecule has 0 aromatic heterocycles. The summed E-state index contributed by atoms with van der Waals surface area (Å²) < 4.78 is 28.1. The van der Waals surface area contributed by atoms with Crippen LogP contribution in [0.1, 0.15) is 12.5 Å². The molecule has 0 radical (unpaired) electrons. The van der Waals surface area contributed by atoms with E-state index in [9.17, 15) is 8.78 Å². The van der Waals surface area contributed by atoms with Crippen LogP contribution in [0.4, 0.5) is 8.78 Å². The predicted molar refractivity (Wildman–Crippen MR) is 94.3 cm³/mol. The lowest BCUT2D eigenvalue weighted by Gasteiger charge is -2.12. The van der Waals surface area contributed by atoms with Gasteiger partial charge in [0.15, 0.2) is 0 Å². The molecule has 3 aromatic rings. The quantitative estimate of drug-likeness (QED) is 0.484. The highest BCUT2D eigenvalue weighted by atomic mass is 79.9. The van der Waals surface area contributed by atoms with Crippen LogP contribution in [0.15, 0.2) is 65.1 Å². The maximum atomic E-state index is 13.6. The highest BCUT2D eigenvalue weighted by Crippen LogP contribution is 2.35. The number of hydrogen-bond acceptors (Lipinski definition) is 0. The van der Waals surface area contributed by atoms with E-state index in [1.807, 2.05) is 30.3 Å². The van der Waals surface area contributed by atoms with Gasteiger partial charge in [0, 0.05) is 10.5 Å². The predicted octanol–water partition coefficient (Wildman–Crippen LogP) is 6.62. The molecule has 0 heterocycles. The maximum Gasteiger partial charge on any atom is 0.126 e. The monoisotopic (exact) mass is 372 g/mol. The highest BCUT2D eigenvalue weighted by Gasteiger charge is 2.10. The summed E-state index contributed by atoms with van der Waals surface area (Å²) in [5.74, 6) is -1.15. The van der Waals surface area contributed by atoms with Crippen LogP contribution < -0.4 is 0 Å². The Kier molecular flexibility index (Phi) is 4.58. The van der Waals surface area contributed by atoms with E-state index in [0.717, 1.165) is 33.7 Å². The lowest BCUT2D eigenvalue weighted by Crippen LogP contribution is -1.89. The summed E-state index contributed by atoms with van der Waals surface area (Å²) in [6.07, 6.45) is 0.973. The summed E-state index contributed by atoms with van der Waals surface area (Å²) in [5, 5.41) is 0. The molecule has 0 atom stereocenters. The topological polar surface area (TPSA) is 0 Å². The van der Waals surface area contributed by atoms with Gasteiger partial charge in [-0.2, -0.15) is 0 Å². The minimum atomic E-state index is -0.574. The number of hydrogen-bond donors (Lipinski definition) is 0. The first-order valence-corrected chi connectivity index (χ1v) is 8.21. The molecule has 0 saturated heterocycles. The smallest absolute Gasteiger partial charge is 0.126 e. The van der Waals surface area contributed by atoms with Gasteiger partial charge in [0.05, 0.1) is 0 Å². The highest BCUT2D eigenvalue weighted by molar-refractivity contribution is 9.10. The van der Waals surface area contributed by atoms with E-state index >= 15 is 0 Å². The van der Waals surface area contributed by atoms with Crippen LogP contribution in [-0.4, -0.2) is 0 Å². The molecular formula is C20H15BrF2. The first-order valence-electron chi connectivity index (χ1n) is 7.42. The third-order valence-electron chi connectivity index (χ3n) is 3.83. The van der Waals surface area contributed by atoms with Crippen molar-refractivity contribution in [3.63, 3.8) is 0 Å². The van der Waals surface area contributed by atoms with Crippen LogP contribution in [0.2, 0.25) is 0 Å². The van der Waals surface area contributed by atoms with Crippen molar-refractivity contribution in [3.8, 4) is 22.3 Å². The Labute approximate surface area is 142 Å². The molecule has 3 aromatic carbocycles. The van der Waals surface area contributed by atoms with E-state index in [1.165, 1.54) is 17.7 Å². The lowest BCUT2D eigenvalue weighted by molar-refractivity contribution is 0.584. The van der Waals surface area contributed by atoms with Crippen molar-refractivity contribution < 1.29 is 8.78 Å². The van der Waals surface area contributed by atoms with Gasteiger partial charge in [0.25, 0.3) is 0 Å². The van der Waals surface area contributed by atoms with Gasteiger partial charge < -0.3 is 0 Å². The van der Waals surface area contributed by atoms with Gasteiger partial charge in [0.2, 0.25) is 0 Å². The molecule has 0 fully saturated rings. The Morgan fingerprint density at radius 2 is 1.39 bits per heavy atom. The molecule has 0 spiro atoms. The number of aryl methyl sites for hydroxylation is 1. The molecule has 0 aliphatic heterocycles. The largest absolute Gasteiger partial charge is 0.207 e. The molecule has 116 valence electrons. The van der Waals surface area contributed by atoms with Crippen molar-refractivity contribution in [2.45, 2.75) is 13.3 Å². The fraction of sp³-hybridized carbons (Fsp3) is 0.100. The van der Waals surface area contributed by atoms with Crippen molar-refractivity contribution in [3.05, 3.63) is 82.3 Å². The van der Waals surface area contributed by atoms with E-state index in [0.29, 0.717) is 5.56 Å². The van der Waals surface area contributed by atoms with Gasteiger partial charge >= 0.3 is 0 Å². The molecule has 0 aliphatic rings. The average molecular weight is 373 g/mol. The summed E-state index contributed by atoms with van der Waals surface area (Å²) in [6.45, 7) is 2.11. The molecule has 0 amide bonds. The minimum Gasteiger partial charge on any atom is -0.207 e. The van der Waals surface area contributed by atoms with Gasteiger partial charge in [-0.15, -0.1) is 0 Å².